The Kier molecular flexibility index (Phi) is 16.5. The highest BCUT2D eigenvalue weighted by molar-refractivity contribution is 7.99. The molecular weight excluding hydrogens is 324 g/mol. The Labute approximate surface area is 163 Å². The van der Waals surface area contributed by atoms with Gasteiger partial charge >= 0.3 is 0 Å². The molecule has 25 heavy (non-hydrogen) atoms. The van der Waals surface area contributed by atoms with Gasteiger partial charge in [-0.3, -0.25) is 0 Å². The van der Waals surface area contributed by atoms with Crippen molar-refractivity contribution in [3.05, 3.63) is 0 Å². The summed E-state index contributed by atoms with van der Waals surface area (Å²) in [6, 6.07) is 0. The molecule has 0 aliphatic heterocycles. The van der Waals surface area contributed by atoms with Gasteiger partial charge in [0.1, 0.15) is 0 Å². The maximum absolute atomic E-state index is 5.56. The Morgan fingerprint density at radius 2 is 1.16 bits per heavy atom. The Morgan fingerprint density at radius 1 is 0.680 bits per heavy atom. The van der Waals surface area contributed by atoms with E-state index >= 15 is 0 Å². The van der Waals surface area contributed by atoms with Gasteiger partial charge in [-0.05, 0) is 44.1 Å². The fourth-order valence-electron chi connectivity index (χ4n) is 3.39. The number of ether oxygens (including phenoxy) is 1. The van der Waals surface area contributed by atoms with Crippen molar-refractivity contribution in [2.45, 2.75) is 123 Å². The quantitative estimate of drug-likeness (QED) is 0.201. The SMILES string of the molecule is CC(C)OCCCSCCCCCCCCCCCCCCC1CC1. The van der Waals surface area contributed by atoms with Gasteiger partial charge in [0.15, 0.2) is 0 Å². The van der Waals surface area contributed by atoms with Gasteiger partial charge in [-0.1, -0.05) is 89.9 Å². The zero-order chi connectivity index (χ0) is 18.0. The van der Waals surface area contributed by atoms with Gasteiger partial charge in [0.2, 0.25) is 0 Å². The minimum atomic E-state index is 0.391. The number of hydrogen-bond acceptors (Lipinski definition) is 2. The molecule has 1 rings (SSSR count). The summed E-state index contributed by atoms with van der Waals surface area (Å²) < 4.78 is 5.56. The van der Waals surface area contributed by atoms with Crippen molar-refractivity contribution in [2.75, 3.05) is 18.1 Å². The van der Waals surface area contributed by atoms with Crippen molar-refractivity contribution in [3.8, 4) is 0 Å². The lowest BCUT2D eigenvalue weighted by atomic mass is 10.0. The molecule has 0 saturated heterocycles. The molecule has 0 spiro atoms. The Bertz CT molecular complexity index is 245. The predicted molar refractivity (Wildman–Crippen MR) is 116 cm³/mol. The lowest BCUT2D eigenvalue weighted by Crippen LogP contribution is -2.04. The average molecular weight is 371 g/mol. The van der Waals surface area contributed by atoms with E-state index in [9.17, 15) is 0 Å². The molecule has 0 radical (unpaired) electrons. The second-order valence-corrected chi connectivity index (χ2v) is 9.58. The second kappa shape index (κ2) is 17.7. The summed E-state index contributed by atoms with van der Waals surface area (Å²) in [6.45, 7) is 5.17. The minimum absolute atomic E-state index is 0.391. The maximum atomic E-state index is 5.56. The Hall–Kier alpha value is 0.310. The fourth-order valence-corrected chi connectivity index (χ4v) is 4.33. The van der Waals surface area contributed by atoms with E-state index in [2.05, 4.69) is 25.6 Å². The lowest BCUT2D eigenvalue weighted by molar-refractivity contribution is 0.0800. The van der Waals surface area contributed by atoms with Crippen LogP contribution in [0.2, 0.25) is 0 Å². The third-order valence-corrected chi connectivity index (χ3v) is 6.39. The minimum Gasteiger partial charge on any atom is -0.379 e. The molecular formula is C23H46OS. The van der Waals surface area contributed by atoms with Crippen LogP contribution in [0.5, 0.6) is 0 Å². The van der Waals surface area contributed by atoms with Crippen molar-refractivity contribution in [1.82, 2.24) is 0 Å². The summed E-state index contributed by atoms with van der Waals surface area (Å²) >= 11 is 2.11. The molecule has 0 N–H and O–H groups in total. The highest BCUT2D eigenvalue weighted by atomic mass is 32.2. The van der Waals surface area contributed by atoms with Crippen LogP contribution in [0.3, 0.4) is 0 Å². The molecule has 1 aliphatic rings. The zero-order valence-electron chi connectivity index (χ0n) is 17.4. The topological polar surface area (TPSA) is 9.23 Å². The van der Waals surface area contributed by atoms with Crippen molar-refractivity contribution < 1.29 is 4.74 Å². The van der Waals surface area contributed by atoms with E-state index in [4.69, 9.17) is 4.74 Å². The first-order chi connectivity index (χ1) is 12.3. The molecule has 0 atom stereocenters. The van der Waals surface area contributed by atoms with Gasteiger partial charge in [0, 0.05) is 6.61 Å². The van der Waals surface area contributed by atoms with Crippen molar-refractivity contribution in [1.29, 1.82) is 0 Å². The van der Waals surface area contributed by atoms with Crippen LogP contribution in [0, 0.1) is 5.92 Å². The molecule has 0 aromatic carbocycles. The maximum Gasteiger partial charge on any atom is 0.0518 e. The summed E-state index contributed by atoms with van der Waals surface area (Å²) in [7, 11) is 0. The van der Waals surface area contributed by atoms with Gasteiger partial charge < -0.3 is 4.74 Å². The van der Waals surface area contributed by atoms with Crippen molar-refractivity contribution >= 4 is 11.8 Å². The number of rotatable bonds is 20. The Balaban J connectivity index is 1.60. The molecule has 0 unspecified atom stereocenters. The first kappa shape index (κ1) is 23.3. The van der Waals surface area contributed by atoms with Crippen LogP contribution < -0.4 is 0 Å². The van der Waals surface area contributed by atoms with Crippen LogP contribution in [-0.4, -0.2) is 24.2 Å². The monoisotopic (exact) mass is 370 g/mol. The third-order valence-electron chi connectivity index (χ3n) is 5.23. The summed E-state index contributed by atoms with van der Waals surface area (Å²) in [4.78, 5) is 0. The van der Waals surface area contributed by atoms with Crippen LogP contribution in [-0.2, 0) is 4.74 Å². The van der Waals surface area contributed by atoms with E-state index in [-0.39, 0.29) is 0 Å². The average Bonchev–Trinajstić information content (AvgIpc) is 3.41. The third kappa shape index (κ3) is 18.9. The molecule has 0 amide bonds. The molecule has 1 fully saturated rings. The molecule has 0 aromatic rings. The Morgan fingerprint density at radius 3 is 1.68 bits per heavy atom. The van der Waals surface area contributed by atoms with E-state index in [0.29, 0.717) is 6.10 Å². The van der Waals surface area contributed by atoms with Crippen LogP contribution >= 0.6 is 11.8 Å². The van der Waals surface area contributed by atoms with Crippen molar-refractivity contribution in [3.63, 3.8) is 0 Å². The molecule has 1 nitrogen and oxygen atoms in total. The number of unbranched alkanes of at least 4 members (excludes halogenated alkanes) is 11. The highest BCUT2D eigenvalue weighted by Crippen LogP contribution is 2.34. The summed E-state index contributed by atoms with van der Waals surface area (Å²) in [6.07, 6.45) is 23.9. The molecule has 1 saturated carbocycles. The number of thioether (sulfide) groups is 1. The molecule has 2 heteroatoms. The largest absolute Gasteiger partial charge is 0.379 e. The van der Waals surface area contributed by atoms with Crippen LogP contribution in [0.4, 0.5) is 0 Å². The zero-order valence-corrected chi connectivity index (χ0v) is 18.2. The first-order valence-corrected chi connectivity index (χ1v) is 12.6. The summed E-state index contributed by atoms with van der Waals surface area (Å²) in [5.74, 6) is 3.76. The van der Waals surface area contributed by atoms with Crippen molar-refractivity contribution in [2.24, 2.45) is 5.92 Å². The van der Waals surface area contributed by atoms with E-state index in [1.807, 2.05) is 0 Å². The van der Waals surface area contributed by atoms with E-state index in [1.165, 1.54) is 114 Å². The van der Waals surface area contributed by atoms with Crippen LogP contribution in [0.1, 0.15) is 117 Å². The lowest BCUT2D eigenvalue weighted by Gasteiger charge is -2.07. The molecule has 0 aromatic heterocycles. The first-order valence-electron chi connectivity index (χ1n) is 11.5. The van der Waals surface area contributed by atoms with Crippen LogP contribution in [0.25, 0.3) is 0 Å². The van der Waals surface area contributed by atoms with Gasteiger partial charge in [0.25, 0.3) is 0 Å². The molecule has 1 aliphatic carbocycles. The van der Waals surface area contributed by atoms with Gasteiger partial charge in [-0.25, -0.2) is 0 Å². The standard InChI is InChI=1S/C23H46OS/c1-22(2)24-19-15-21-25-20-14-12-10-8-6-4-3-5-7-9-11-13-16-23-17-18-23/h22-23H,3-21H2,1-2H3. The van der Waals surface area contributed by atoms with Gasteiger partial charge in [-0.15, -0.1) is 0 Å². The summed E-state index contributed by atoms with van der Waals surface area (Å²) in [5, 5.41) is 0. The molecule has 0 heterocycles. The fraction of sp³-hybridized carbons (Fsp3) is 1.00. The van der Waals surface area contributed by atoms with E-state index in [1.54, 1.807) is 0 Å². The van der Waals surface area contributed by atoms with E-state index < -0.39 is 0 Å². The summed E-state index contributed by atoms with van der Waals surface area (Å²) in [5.41, 5.74) is 0. The normalized spacial score (nSPS) is 14.5. The molecule has 150 valence electrons. The predicted octanol–water partition coefficient (Wildman–Crippen LogP) is 8.02. The molecule has 0 bridgehead atoms. The second-order valence-electron chi connectivity index (χ2n) is 8.36. The number of hydrogen-bond donors (Lipinski definition) is 0. The van der Waals surface area contributed by atoms with Gasteiger partial charge in [-0.2, -0.15) is 11.8 Å². The van der Waals surface area contributed by atoms with Crippen LogP contribution in [0.15, 0.2) is 0 Å². The smallest absolute Gasteiger partial charge is 0.0518 e. The van der Waals surface area contributed by atoms with Gasteiger partial charge in [0.05, 0.1) is 6.10 Å². The highest BCUT2D eigenvalue weighted by Gasteiger charge is 2.19. The van der Waals surface area contributed by atoms with E-state index in [0.717, 1.165) is 12.5 Å².